The molecule has 0 spiro atoms. The number of benzene rings is 2. The Balaban J connectivity index is 2.36. The maximum Gasteiger partial charge on any atom is 0.316 e. The van der Waals surface area contributed by atoms with Crippen LogP contribution in [0.5, 0.6) is 0 Å². The molecule has 0 aliphatic carbocycles. The van der Waals surface area contributed by atoms with Gasteiger partial charge in [-0.25, -0.2) is 0 Å². The third-order valence-electron chi connectivity index (χ3n) is 3.87. The summed E-state index contributed by atoms with van der Waals surface area (Å²) in [6.45, 7) is 6.01. The Kier molecular flexibility index (Phi) is 5.04. The second-order valence-corrected chi connectivity index (χ2v) is 5.91. The van der Waals surface area contributed by atoms with E-state index in [2.05, 4.69) is 6.58 Å². The maximum atomic E-state index is 12.4. The fourth-order valence-corrected chi connectivity index (χ4v) is 2.66. The van der Waals surface area contributed by atoms with E-state index < -0.39 is 5.41 Å². The zero-order chi connectivity index (χ0) is 16.2. The molecule has 0 heterocycles. The normalized spacial score (nSPS) is 13.2. The zero-order valence-electron chi connectivity index (χ0n) is 12.8. The summed E-state index contributed by atoms with van der Waals surface area (Å²) in [5.41, 5.74) is 1.97. The summed E-state index contributed by atoms with van der Waals surface area (Å²) in [4.78, 5) is 12.4. The van der Waals surface area contributed by atoms with Gasteiger partial charge in [0.15, 0.2) is 0 Å². The van der Waals surface area contributed by atoms with E-state index in [0.717, 1.165) is 16.7 Å². The van der Waals surface area contributed by atoms with Crippen molar-refractivity contribution in [2.24, 2.45) is 0 Å². The Morgan fingerprint density at radius 1 is 1.14 bits per heavy atom. The number of ether oxygens (including phenoxy) is 1. The second kappa shape index (κ2) is 6.80. The molecule has 0 bridgehead atoms. The molecule has 2 aromatic rings. The molecule has 0 aliphatic heterocycles. The largest absolute Gasteiger partial charge is 0.468 e. The van der Waals surface area contributed by atoms with E-state index in [0.29, 0.717) is 11.4 Å². The minimum Gasteiger partial charge on any atom is -0.468 e. The lowest BCUT2D eigenvalue weighted by molar-refractivity contribution is -0.146. The summed E-state index contributed by atoms with van der Waals surface area (Å²) in [5.74, 6) is -0.285. The van der Waals surface area contributed by atoms with Crippen LogP contribution in [0.1, 0.15) is 24.5 Å². The first-order valence-corrected chi connectivity index (χ1v) is 7.43. The lowest BCUT2D eigenvalue weighted by atomic mass is 9.76. The molecule has 0 radical (unpaired) electrons. The van der Waals surface area contributed by atoms with E-state index in [9.17, 15) is 4.79 Å². The number of hydrogen-bond acceptors (Lipinski definition) is 2. The van der Waals surface area contributed by atoms with Gasteiger partial charge in [-0.2, -0.15) is 0 Å². The van der Waals surface area contributed by atoms with Gasteiger partial charge in [0.25, 0.3) is 0 Å². The SMILES string of the molecule is C=C(CC(C)(C(=O)OC)c1ccc(Cl)cc1)c1ccccc1. The smallest absolute Gasteiger partial charge is 0.316 e. The molecule has 2 nitrogen and oxygen atoms in total. The van der Waals surface area contributed by atoms with Crippen LogP contribution in [0.4, 0.5) is 0 Å². The summed E-state index contributed by atoms with van der Waals surface area (Å²) >= 11 is 5.94. The third-order valence-corrected chi connectivity index (χ3v) is 4.12. The minimum absolute atomic E-state index is 0.285. The molecule has 114 valence electrons. The molecule has 22 heavy (non-hydrogen) atoms. The van der Waals surface area contributed by atoms with Gasteiger partial charge < -0.3 is 4.74 Å². The number of carbonyl (C=O) groups is 1. The Labute approximate surface area is 136 Å². The summed E-state index contributed by atoms with van der Waals surface area (Å²) in [7, 11) is 1.40. The first-order chi connectivity index (χ1) is 10.5. The molecule has 0 N–H and O–H groups in total. The lowest BCUT2D eigenvalue weighted by Gasteiger charge is -2.28. The predicted molar refractivity (Wildman–Crippen MR) is 90.9 cm³/mol. The molecule has 0 saturated heterocycles. The van der Waals surface area contributed by atoms with E-state index in [4.69, 9.17) is 16.3 Å². The number of methoxy groups -OCH3 is 1. The van der Waals surface area contributed by atoms with Crippen molar-refractivity contribution in [3.63, 3.8) is 0 Å². The molecule has 0 aliphatic rings. The Hall–Kier alpha value is -2.06. The molecule has 0 saturated carbocycles. The molecular weight excluding hydrogens is 296 g/mol. The monoisotopic (exact) mass is 314 g/mol. The van der Waals surface area contributed by atoms with Crippen molar-refractivity contribution >= 4 is 23.1 Å². The van der Waals surface area contributed by atoms with E-state index >= 15 is 0 Å². The van der Waals surface area contributed by atoms with Crippen LogP contribution in [0.2, 0.25) is 5.02 Å². The molecule has 0 fully saturated rings. The van der Waals surface area contributed by atoms with Gasteiger partial charge in [0.2, 0.25) is 0 Å². The van der Waals surface area contributed by atoms with Crippen molar-refractivity contribution in [2.75, 3.05) is 7.11 Å². The highest BCUT2D eigenvalue weighted by Crippen LogP contribution is 2.35. The molecule has 2 aromatic carbocycles. The van der Waals surface area contributed by atoms with Crippen LogP contribution in [-0.4, -0.2) is 13.1 Å². The first-order valence-electron chi connectivity index (χ1n) is 7.05. The number of hydrogen-bond donors (Lipinski definition) is 0. The Morgan fingerprint density at radius 3 is 2.27 bits per heavy atom. The number of halogens is 1. The predicted octanol–water partition coefficient (Wildman–Crippen LogP) is 4.87. The molecule has 3 heteroatoms. The van der Waals surface area contributed by atoms with E-state index in [-0.39, 0.29) is 5.97 Å². The fourth-order valence-electron chi connectivity index (χ4n) is 2.54. The van der Waals surface area contributed by atoms with Crippen molar-refractivity contribution in [1.82, 2.24) is 0 Å². The van der Waals surface area contributed by atoms with Crippen molar-refractivity contribution < 1.29 is 9.53 Å². The first kappa shape index (κ1) is 16.3. The van der Waals surface area contributed by atoms with Crippen LogP contribution >= 0.6 is 11.6 Å². The van der Waals surface area contributed by atoms with Crippen molar-refractivity contribution in [2.45, 2.75) is 18.8 Å². The topological polar surface area (TPSA) is 26.3 Å². The van der Waals surface area contributed by atoms with Gasteiger partial charge in [0.05, 0.1) is 12.5 Å². The molecule has 0 aromatic heterocycles. The summed E-state index contributed by atoms with van der Waals surface area (Å²) in [6, 6.07) is 17.1. The van der Waals surface area contributed by atoms with Gasteiger partial charge in [-0.1, -0.05) is 60.6 Å². The summed E-state index contributed by atoms with van der Waals surface area (Å²) in [6.07, 6.45) is 0.477. The average molecular weight is 315 g/mol. The second-order valence-electron chi connectivity index (χ2n) is 5.48. The molecule has 0 amide bonds. The number of allylic oxidation sites excluding steroid dienone is 1. The van der Waals surface area contributed by atoms with Crippen molar-refractivity contribution in [3.8, 4) is 0 Å². The van der Waals surface area contributed by atoms with E-state index in [1.54, 1.807) is 12.1 Å². The van der Waals surface area contributed by atoms with Gasteiger partial charge in [-0.15, -0.1) is 0 Å². The molecule has 2 rings (SSSR count). The van der Waals surface area contributed by atoms with Gasteiger partial charge in [0.1, 0.15) is 0 Å². The van der Waals surface area contributed by atoms with Crippen molar-refractivity contribution in [1.29, 1.82) is 0 Å². The number of carbonyl (C=O) groups excluding carboxylic acids is 1. The van der Waals surface area contributed by atoms with Crippen molar-refractivity contribution in [3.05, 3.63) is 77.3 Å². The van der Waals surface area contributed by atoms with Gasteiger partial charge in [-0.3, -0.25) is 4.79 Å². The molecule has 1 atom stereocenters. The van der Waals surface area contributed by atoms with Crippen LogP contribution in [0.25, 0.3) is 5.57 Å². The maximum absolute atomic E-state index is 12.4. The van der Waals surface area contributed by atoms with Gasteiger partial charge in [0, 0.05) is 5.02 Å². The Bertz CT molecular complexity index is 662. The van der Waals surface area contributed by atoms with Gasteiger partial charge in [-0.05, 0) is 42.2 Å². The Morgan fingerprint density at radius 2 is 1.73 bits per heavy atom. The number of esters is 1. The van der Waals surface area contributed by atoms with Crippen LogP contribution < -0.4 is 0 Å². The molecular formula is C19H19ClO2. The highest BCUT2D eigenvalue weighted by molar-refractivity contribution is 6.30. The van der Waals surface area contributed by atoms with Crippen LogP contribution in [-0.2, 0) is 14.9 Å². The van der Waals surface area contributed by atoms with E-state index in [1.165, 1.54) is 7.11 Å². The zero-order valence-corrected chi connectivity index (χ0v) is 13.6. The highest BCUT2D eigenvalue weighted by Gasteiger charge is 2.37. The molecule has 1 unspecified atom stereocenters. The quantitative estimate of drug-likeness (QED) is 0.736. The van der Waals surface area contributed by atoms with Crippen LogP contribution in [0.15, 0.2) is 61.2 Å². The lowest BCUT2D eigenvalue weighted by Crippen LogP contribution is -2.34. The van der Waals surface area contributed by atoms with Gasteiger partial charge >= 0.3 is 5.97 Å². The highest BCUT2D eigenvalue weighted by atomic mass is 35.5. The summed E-state index contributed by atoms with van der Waals surface area (Å²) in [5, 5.41) is 0.637. The third kappa shape index (κ3) is 3.40. The fraction of sp³-hybridized carbons (Fsp3) is 0.211. The van der Waals surface area contributed by atoms with Crippen LogP contribution in [0.3, 0.4) is 0 Å². The average Bonchev–Trinajstić information content (AvgIpc) is 2.55. The summed E-state index contributed by atoms with van der Waals surface area (Å²) < 4.78 is 5.02. The number of rotatable bonds is 5. The van der Waals surface area contributed by atoms with E-state index in [1.807, 2.05) is 49.4 Å². The standard InChI is InChI=1S/C19H19ClO2/c1-14(15-7-5-4-6-8-15)13-19(2,18(21)22-3)16-9-11-17(20)12-10-16/h4-12H,1,13H2,2-3H3. The van der Waals surface area contributed by atoms with Crippen LogP contribution in [0, 0.1) is 0 Å². The minimum atomic E-state index is -0.799.